The minimum atomic E-state index is -1.23. The Labute approximate surface area is 149 Å². The number of thioether (sulfide) groups is 1. The number of hydrogen-bond acceptors (Lipinski definition) is 4. The predicted molar refractivity (Wildman–Crippen MR) is 95.7 cm³/mol. The average molecular weight is 360 g/mol. The number of benzene rings is 2. The normalized spacial score (nSPS) is 24.0. The third-order valence-corrected chi connectivity index (χ3v) is 5.92. The summed E-state index contributed by atoms with van der Waals surface area (Å²) in [5.41, 5.74) is 0.193. The molecule has 1 N–H and O–H groups in total. The quantitative estimate of drug-likeness (QED) is 0.909. The van der Waals surface area contributed by atoms with E-state index in [1.807, 2.05) is 4.90 Å². The first-order valence-electron chi connectivity index (χ1n) is 8.26. The molecule has 2 heterocycles. The lowest BCUT2D eigenvalue weighted by Gasteiger charge is -2.42. The van der Waals surface area contributed by atoms with Gasteiger partial charge in [0.2, 0.25) is 0 Å². The van der Waals surface area contributed by atoms with Gasteiger partial charge in [-0.2, -0.15) is 0 Å². The van der Waals surface area contributed by atoms with E-state index >= 15 is 0 Å². The van der Waals surface area contributed by atoms with Gasteiger partial charge in [0, 0.05) is 18.8 Å². The number of nitrogens with zero attached hydrogens (tertiary/aromatic N) is 2. The number of amidine groups is 1. The molecule has 2 aromatic carbocycles. The lowest BCUT2D eigenvalue weighted by atomic mass is 9.82. The highest BCUT2D eigenvalue weighted by atomic mass is 32.2. The van der Waals surface area contributed by atoms with Crippen LogP contribution in [0.1, 0.15) is 23.5 Å². The Morgan fingerprint density at radius 3 is 2.64 bits per heavy atom. The number of aliphatic hydroxyl groups is 1. The molecule has 130 valence electrons. The van der Waals surface area contributed by atoms with Gasteiger partial charge in [-0.1, -0.05) is 36.0 Å². The van der Waals surface area contributed by atoms with Gasteiger partial charge in [0.05, 0.1) is 5.92 Å². The van der Waals surface area contributed by atoms with E-state index in [9.17, 15) is 13.9 Å². The Hall–Kier alpha value is -1.92. The summed E-state index contributed by atoms with van der Waals surface area (Å²) in [6, 6.07) is 12.3. The van der Waals surface area contributed by atoms with Crippen LogP contribution in [0.5, 0.6) is 0 Å². The van der Waals surface area contributed by atoms with Gasteiger partial charge in [-0.05, 0) is 41.8 Å². The maximum absolute atomic E-state index is 13.9. The zero-order chi connectivity index (χ0) is 17.4. The van der Waals surface area contributed by atoms with Crippen molar-refractivity contribution in [1.82, 2.24) is 4.90 Å². The molecule has 0 radical (unpaired) electrons. The summed E-state index contributed by atoms with van der Waals surface area (Å²) in [6.45, 7) is 1.46. The topological polar surface area (TPSA) is 35.8 Å². The predicted octanol–water partition coefficient (Wildman–Crippen LogP) is 3.59. The molecule has 0 aromatic heterocycles. The molecule has 3 nitrogen and oxygen atoms in total. The standard InChI is InChI=1S/C19H18F2N2OS/c20-15-7-5-13(6-8-15)17(14-3-1-4-16(21)11-14)19(24)12-25-18-22-9-2-10-23(18)19/h1,3-8,11,17,24H,2,9-10,12H2. The van der Waals surface area contributed by atoms with Gasteiger partial charge in [-0.25, -0.2) is 8.78 Å². The molecule has 4 rings (SSSR count). The lowest BCUT2D eigenvalue weighted by Crippen LogP contribution is -2.53. The molecule has 0 spiro atoms. The monoisotopic (exact) mass is 360 g/mol. The maximum Gasteiger partial charge on any atom is 0.161 e. The fourth-order valence-electron chi connectivity index (χ4n) is 3.62. The van der Waals surface area contributed by atoms with Crippen LogP contribution in [0.2, 0.25) is 0 Å². The van der Waals surface area contributed by atoms with Crippen molar-refractivity contribution in [2.75, 3.05) is 18.8 Å². The lowest BCUT2D eigenvalue weighted by molar-refractivity contribution is -0.0573. The van der Waals surface area contributed by atoms with Gasteiger partial charge < -0.3 is 10.0 Å². The summed E-state index contributed by atoms with van der Waals surface area (Å²) in [6.07, 6.45) is 0.867. The first-order valence-corrected chi connectivity index (χ1v) is 9.25. The molecule has 6 heteroatoms. The first kappa shape index (κ1) is 16.5. The highest BCUT2D eigenvalue weighted by Gasteiger charge is 2.50. The minimum Gasteiger partial charge on any atom is -0.369 e. The van der Waals surface area contributed by atoms with Crippen LogP contribution in [0.3, 0.4) is 0 Å². The number of aliphatic imine (C=N–C) groups is 1. The van der Waals surface area contributed by atoms with Crippen molar-refractivity contribution in [3.05, 3.63) is 71.3 Å². The molecule has 2 unspecified atom stereocenters. The molecule has 0 saturated carbocycles. The van der Waals surface area contributed by atoms with Gasteiger partial charge in [0.25, 0.3) is 0 Å². The van der Waals surface area contributed by atoms with Crippen LogP contribution in [0.15, 0.2) is 53.5 Å². The van der Waals surface area contributed by atoms with Crippen LogP contribution in [0, 0.1) is 11.6 Å². The summed E-state index contributed by atoms with van der Waals surface area (Å²) in [7, 11) is 0. The van der Waals surface area contributed by atoms with E-state index in [4.69, 9.17) is 0 Å². The molecule has 25 heavy (non-hydrogen) atoms. The van der Waals surface area contributed by atoms with Crippen molar-refractivity contribution in [3.8, 4) is 0 Å². The molecule has 2 aromatic rings. The largest absolute Gasteiger partial charge is 0.369 e. The van der Waals surface area contributed by atoms with Crippen molar-refractivity contribution in [1.29, 1.82) is 0 Å². The van der Waals surface area contributed by atoms with Gasteiger partial charge in [0.15, 0.2) is 10.9 Å². The second kappa shape index (κ2) is 6.42. The fraction of sp³-hybridized carbons (Fsp3) is 0.316. The Bertz CT molecular complexity index is 811. The third kappa shape index (κ3) is 2.93. The Morgan fingerprint density at radius 2 is 1.88 bits per heavy atom. The van der Waals surface area contributed by atoms with Gasteiger partial charge in [-0.3, -0.25) is 4.99 Å². The van der Waals surface area contributed by atoms with E-state index in [2.05, 4.69) is 4.99 Å². The summed E-state index contributed by atoms with van der Waals surface area (Å²) in [4.78, 5) is 6.42. The average Bonchev–Trinajstić information content (AvgIpc) is 2.95. The van der Waals surface area contributed by atoms with Crippen LogP contribution >= 0.6 is 11.8 Å². The van der Waals surface area contributed by atoms with Crippen LogP contribution in [-0.4, -0.2) is 39.7 Å². The summed E-state index contributed by atoms with van der Waals surface area (Å²) >= 11 is 1.52. The molecule has 2 atom stereocenters. The molecule has 0 amide bonds. The maximum atomic E-state index is 13.9. The molecule has 1 fully saturated rings. The van der Waals surface area contributed by atoms with E-state index in [1.54, 1.807) is 24.3 Å². The van der Waals surface area contributed by atoms with Crippen LogP contribution in [0.25, 0.3) is 0 Å². The van der Waals surface area contributed by atoms with Crippen molar-refractivity contribution < 1.29 is 13.9 Å². The number of rotatable bonds is 3. The summed E-state index contributed by atoms with van der Waals surface area (Å²) < 4.78 is 27.3. The van der Waals surface area contributed by atoms with E-state index < -0.39 is 11.6 Å². The molecular weight excluding hydrogens is 342 g/mol. The van der Waals surface area contributed by atoms with Crippen molar-refractivity contribution in [3.63, 3.8) is 0 Å². The molecule has 0 aliphatic carbocycles. The molecule has 2 aliphatic rings. The highest BCUT2D eigenvalue weighted by molar-refractivity contribution is 8.14. The van der Waals surface area contributed by atoms with E-state index in [-0.39, 0.29) is 11.6 Å². The van der Waals surface area contributed by atoms with Crippen LogP contribution in [0.4, 0.5) is 8.78 Å². The molecule has 0 bridgehead atoms. The molecular formula is C19H18F2N2OS. The summed E-state index contributed by atoms with van der Waals surface area (Å²) in [5, 5.41) is 12.5. The third-order valence-electron chi connectivity index (χ3n) is 4.75. The van der Waals surface area contributed by atoms with Crippen molar-refractivity contribution in [2.45, 2.75) is 18.1 Å². The molecule has 1 saturated heterocycles. The highest BCUT2D eigenvalue weighted by Crippen LogP contribution is 2.45. The summed E-state index contributed by atoms with van der Waals surface area (Å²) in [5.74, 6) is -0.757. The zero-order valence-electron chi connectivity index (χ0n) is 13.5. The Morgan fingerprint density at radius 1 is 1.08 bits per heavy atom. The fourth-order valence-corrected chi connectivity index (χ4v) is 4.87. The van der Waals surface area contributed by atoms with Crippen LogP contribution < -0.4 is 0 Å². The zero-order valence-corrected chi connectivity index (χ0v) is 14.3. The Kier molecular flexibility index (Phi) is 4.25. The smallest absolute Gasteiger partial charge is 0.161 e. The van der Waals surface area contributed by atoms with Gasteiger partial charge >= 0.3 is 0 Å². The number of hydrogen-bond donors (Lipinski definition) is 1. The van der Waals surface area contributed by atoms with Gasteiger partial charge in [0.1, 0.15) is 11.6 Å². The second-order valence-electron chi connectivity index (χ2n) is 6.38. The van der Waals surface area contributed by atoms with E-state index in [0.29, 0.717) is 17.9 Å². The van der Waals surface area contributed by atoms with Crippen molar-refractivity contribution in [2.24, 2.45) is 4.99 Å². The second-order valence-corrected chi connectivity index (χ2v) is 7.32. The van der Waals surface area contributed by atoms with E-state index in [0.717, 1.165) is 23.7 Å². The van der Waals surface area contributed by atoms with E-state index in [1.165, 1.54) is 36.0 Å². The SMILES string of the molecule is OC1(C(c2ccc(F)cc2)c2cccc(F)c2)CSC2=NCCCN21. The number of fused-ring (bicyclic) bond motifs is 1. The van der Waals surface area contributed by atoms with Crippen LogP contribution in [-0.2, 0) is 0 Å². The minimum absolute atomic E-state index is 0.338. The number of halogens is 2. The Balaban J connectivity index is 1.84. The van der Waals surface area contributed by atoms with Crippen molar-refractivity contribution >= 4 is 16.9 Å². The first-order chi connectivity index (χ1) is 12.1. The molecule has 2 aliphatic heterocycles. The van der Waals surface area contributed by atoms with Gasteiger partial charge in [-0.15, -0.1) is 0 Å².